The highest BCUT2D eigenvalue weighted by Gasteiger charge is 2.76. The van der Waals surface area contributed by atoms with Gasteiger partial charge in [-0.2, -0.15) is 4.58 Å². The number of ether oxygens (including phenoxy) is 1. The molecule has 3 saturated carbocycles. The average Bonchev–Trinajstić information content (AvgIpc) is 3.42. The molecule has 0 aromatic heterocycles. The van der Waals surface area contributed by atoms with Gasteiger partial charge in [0.1, 0.15) is 11.8 Å². The van der Waals surface area contributed by atoms with Gasteiger partial charge in [0.2, 0.25) is 0 Å². The Balaban J connectivity index is 1.45. The lowest BCUT2D eigenvalue weighted by molar-refractivity contribution is -0.550. The van der Waals surface area contributed by atoms with Crippen LogP contribution in [0, 0.1) is 28.6 Å². The smallest absolute Gasteiger partial charge is 0.354 e. The van der Waals surface area contributed by atoms with E-state index in [0.29, 0.717) is 34.8 Å². The van der Waals surface area contributed by atoms with E-state index in [1.165, 1.54) is 36.5 Å². The van der Waals surface area contributed by atoms with Gasteiger partial charge in [-0.25, -0.2) is 0 Å². The maximum absolute atomic E-state index is 7.03. The van der Waals surface area contributed by atoms with Crippen LogP contribution in [0.5, 0.6) is 0 Å². The van der Waals surface area contributed by atoms with Crippen LogP contribution in [0.4, 0.5) is 0 Å². The lowest BCUT2D eigenvalue weighted by Gasteiger charge is -2.36. The predicted octanol–water partition coefficient (Wildman–Crippen LogP) is 5.38. The van der Waals surface area contributed by atoms with Gasteiger partial charge in [-0.1, -0.05) is 51.1 Å². The Bertz CT molecular complexity index is 889. The molecule has 0 spiro atoms. The highest BCUT2D eigenvalue weighted by molar-refractivity contribution is 8.01. The Labute approximate surface area is 173 Å². The first-order valence-corrected chi connectivity index (χ1v) is 11.9. The fraction of sp³-hybridized carbons (Fsp3) is 0.640. The summed E-state index contributed by atoms with van der Waals surface area (Å²) in [4.78, 5) is 1.37. The Morgan fingerprint density at radius 3 is 2.54 bits per heavy atom. The molecule has 3 heteroatoms. The molecule has 4 aliphatic carbocycles. The highest BCUT2D eigenvalue weighted by Crippen LogP contribution is 2.69. The van der Waals surface area contributed by atoms with E-state index < -0.39 is 0 Å². The van der Waals surface area contributed by atoms with Crippen LogP contribution in [-0.4, -0.2) is 34.4 Å². The second-order valence-corrected chi connectivity index (χ2v) is 12.1. The molecule has 1 heterocycles. The second-order valence-electron chi connectivity index (χ2n) is 10.7. The van der Waals surface area contributed by atoms with Crippen molar-refractivity contribution in [3.8, 4) is 0 Å². The summed E-state index contributed by atoms with van der Waals surface area (Å²) in [5, 5.41) is 0. The van der Waals surface area contributed by atoms with Gasteiger partial charge >= 0.3 is 5.90 Å². The SMILES string of the molecule is C[N+]1=C(C2(Sc3ccccc3)CC3C=CC2C3)OC2C3CCC(C)([C@@H]21)C3(C)C. The molecule has 4 bridgehead atoms. The van der Waals surface area contributed by atoms with Gasteiger partial charge in [0.25, 0.3) is 0 Å². The first-order valence-electron chi connectivity index (χ1n) is 11.1. The van der Waals surface area contributed by atoms with E-state index in [1.807, 2.05) is 0 Å². The zero-order valence-corrected chi connectivity index (χ0v) is 18.3. The van der Waals surface area contributed by atoms with Gasteiger partial charge < -0.3 is 4.74 Å². The Morgan fingerprint density at radius 1 is 1.11 bits per heavy atom. The fourth-order valence-corrected chi connectivity index (χ4v) is 9.31. The minimum atomic E-state index is 0.0692. The van der Waals surface area contributed by atoms with Gasteiger partial charge in [-0.05, 0) is 49.1 Å². The molecule has 5 aliphatic rings. The Hall–Kier alpha value is -1.22. The molecule has 6 unspecified atom stereocenters. The van der Waals surface area contributed by atoms with Crippen LogP contribution in [-0.2, 0) is 4.74 Å². The molecule has 28 heavy (non-hydrogen) atoms. The van der Waals surface area contributed by atoms with Crippen molar-refractivity contribution in [3.05, 3.63) is 42.5 Å². The molecular formula is C25H32NOS+. The Kier molecular flexibility index (Phi) is 3.44. The van der Waals surface area contributed by atoms with Crippen LogP contribution in [0.2, 0.25) is 0 Å². The van der Waals surface area contributed by atoms with Crippen molar-refractivity contribution < 1.29 is 9.31 Å². The molecule has 7 atom stereocenters. The molecule has 0 saturated heterocycles. The van der Waals surface area contributed by atoms with E-state index >= 15 is 0 Å². The normalized spacial score (nSPS) is 47.1. The molecule has 0 N–H and O–H groups in total. The van der Waals surface area contributed by atoms with E-state index in [4.69, 9.17) is 4.74 Å². The predicted molar refractivity (Wildman–Crippen MR) is 115 cm³/mol. The average molecular weight is 395 g/mol. The van der Waals surface area contributed by atoms with Crippen LogP contribution in [0.1, 0.15) is 46.5 Å². The summed E-state index contributed by atoms with van der Waals surface area (Å²) in [7, 11) is 2.34. The summed E-state index contributed by atoms with van der Waals surface area (Å²) < 4.78 is 9.71. The third-order valence-corrected chi connectivity index (χ3v) is 11.0. The van der Waals surface area contributed by atoms with Crippen molar-refractivity contribution in [1.29, 1.82) is 0 Å². The summed E-state index contributed by atoms with van der Waals surface area (Å²) in [6.07, 6.45) is 10.5. The highest BCUT2D eigenvalue weighted by atomic mass is 32.2. The van der Waals surface area contributed by atoms with Crippen LogP contribution in [0.25, 0.3) is 0 Å². The largest absolute Gasteiger partial charge is 0.436 e. The third kappa shape index (κ3) is 1.95. The van der Waals surface area contributed by atoms with Crippen molar-refractivity contribution in [1.82, 2.24) is 0 Å². The van der Waals surface area contributed by atoms with E-state index in [2.05, 4.69) is 86.6 Å². The molecule has 1 aromatic rings. The maximum atomic E-state index is 7.03. The summed E-state index contributed by atoms with van der Waals surface area (Å²) in [5.41, 5.74) is 0.724. The van der Waals surface area contributed by atoms with Crippen LogP contribution < -0.4 is 0 Å². The monoisotopic (exact) mass is 394 g/mol. The van der Waals surface area contributed by atoms with Gasteiger partial charge in [-0.3, -0.25) is 0 Å². The zero-order chi connectivity index (χ0) is 19.3. The first kappa shape index (κ1) is 17.6. The van der Waals surface area contributed by atoms with Crippen LogP contribution in [0.15, 0.2) is 47.4 Å². The van der Waals surface area contributed by atoms with Crippen molar-refractivity contribution in [2.45, 2.75) is 68.2 Å². The minimum absolute atomic E-state index is 0.0692. The van der Waals surface area contributed by atoms with E-state index in [1.54, 1.807) is 0 Å². The molecule has 2 nitrogen and oxygen atoms in total. The number of rotatable bonds is 3. The summed E-state index contributed by atoms with van der Waals surface area (Å²) >= 11 is 2.07. The number of hydrogen-bond acceptors (Lipinski definition) is 2. The lowest BCUT2D eigenvalue weighted by atomic mass is 9.69. The van der Waals surface area contributed by atoms with Gasteiger partial charge in [-0.15, -0.1) is 11.8 Å². The third-order valence-electron chi connectivity index (χ3n) is 9.46. The quantitative estimate of drug-likeness (QED) is 0.504. The molecular weight excluding hydrogens is 362 g/mol. The topological polar surface area (TPSA) is 12.2 Å². The van der Waals surface area contributed by atoms with Crippen molar-refractivity contribution in [2.24, 2.45) is 28.6 Å². The standard InChI is InChI=1S/C25H32NOS/c1-23(2)19-12-13-24(23,3)21-20(19)27-22(26(21)4)25(15-16-10-11-17(25)14-16)28-18-8-6-5-7-9-18/h5-11,16-17,19-21H,12-15H2,1-4H3/q+1/t16?,17?,19?,20?,21-,24?,25?/m1/s1. The number of nitrogens with zero attached hydrogens (tertiary/aromatic N) is 1. The van der Waals surface area contributed by atoms with Crippen LogP contribution in [0.3, 0.4) is 0 Å². The van der Waals surface area contributed by atoms with Crippen LogP contribution >= 0.6 is 11.8 Å². The molecule has 6 rings (SSSR count). The number of benzene rings is 1. The van der Waals surface area contributed by atoms with Gasteiger partial charge in [0, 0.05) is 22.1 Å². The zero-order valence-electron chi connectivity index (χ0n) is 17.5. The van der Waals surface area contributed by atoms with Gasteiger partial charge in [0.05, 0.1) is 0 Å². The molecule has 0 amide bonds. The fourth-order valence-electron chi connectivity index (χ4n) is 7.70. The van der Waals surface area contributed by atoms with E-state index in [9.17, 15) is 0 Å². The molecule has 1 aromatic carbocycles. The number of thioether (sulfide) groups is 1. The van der Waals surface area contributed by atoms with Crippen molar-refractivity contribution >= 4 is 17.7 Å². The molecule has 1 aliphatic heterocycles. The molecule has 0 radical (unpaired) electrons. The Morgan fingerprint density at radius 2 is 1.89 bits per heavy atom. The van der Waals surface area contributed by atoms with E-state index in [0.717, 1.165) is 5.92 Å². The number of likely N-dealkylation sites (N-methyl/N-ethyl adjacent to an activating group) is 1. The van der Waals surface area contributed by atoms with Gasteiger partial charge in [0.15, 0.2) is 12.1 Å². The maximum Gasteiger partial charge on any atom is 0.354 e. The van der Waals surface area contributed by atoms with E-state index in [-0.39, 0.29) is 4.75 Å². The van der Waals surface area contributed by atoms with Crippen molar-refractivity contribution in [2.75, 3.05) is 7.05 Å². The molecule has 148 valence electrons. The first-order chi connectivity index (χ1) is 13.4. The second kappa shape index (κ2) is 5.47. The molecule has 3 fully saturated rings. The summed E-state index contributed by atoms with van der Waals surface area (Å²) in [6, 6.07) is 11.5. The number of hydrogen-bond donors (Lipinski definition) is 0. The van der Waals surface area contributed by atoms with Crippen molar-refractivity contribution in [3.63, 3.8) is 0 Å². The lowest BCUT2D eigenvalue weighted by Crippen LogP contribution is -2.47. The number of allylic oxidation sites excluding steroid dienone is 2. The summed E-state index contributed by atoms with van der Waals surface area (Å²) in [6.45, 7) is 7.53. The minimum Gasteiger partial charge on any atom is -0.436 e. The number of fused-ring (bicyclic) bond motifs is 7. The summed E-state index contributed by atoms with van der Waals surface area (Å²) in [5.74, 6) is 3.30.